The van der Waals surface area contributed by atoms with Crippen molar-refractivity contribution in [3.05, 3.63) is 101 Å². The average molecular weight is 656 g/mol. The van der Waals surface area contributed by atoms with Gasteiger partial charge in [-0.05, 0) is 79.3 Å². The third-order valence-corrected chi connectivity index (χ3v) is 9.71. The van der Waals surface area contributed by atoms with Gasteiger partial charge in [0.05, 0.1) is 17.4 Å². The summed E-state index contributed by atoms with van der Waals surface area (Å²) < 4.78 is 44.6. The lowest BCUT2D eigenvalue weighted by Gasteiger charge is -2.33. The monoisotopic (exact) mass is 655 g/mol. The molecular weight excluding hydrogens is 619 g/mol. The summed E-state index contributed by atoms with van der Waals surface area (Å²) in [5.41, 5.74) is 4.61. The van der Waals surface area contributed by atoms with Gasteiger partial charge >= 0.3 is 12.1 Å². The Kier molecular flexibility index (Phi) is 8.09. The summed E-state index contributed by atoms with van der Waals surface area (Å²) in [7, 11) is 0. The lowest BCUT2D eigenvalue weighted by molar-refractivity contribution is -0.143. The second-order valence-electron chi connectivity index (χ2n) is 12.9. The maximum absolute atomic E-state index is 14.0. The number of carbonyl (C=O) groups excluding carboxylic acids is 1. The number of para-hydroxylation sites is 1. The van der Waals surface area contributed by atoms with Crippen molar-refractivity contribution >= 4 is 22.8 Å². The number of amides is 1. The van der Waals surface area contributed by atoms with E-state index in [2.05, 4.69) is 46.0 Å². The van der Waals surface area contributed by atoms with Crippen molar-refractivity contribution in [2.24, 2.45) is 5.92 Å². The van der Waals surface area contributed by atoms with Gasteiger partial charge in [-0.2, -0.15) is 18.3 Å². The van der Waals surface area contributed by atoms with Gasteiger partial charge in [0.25, 0.3) is 0 Å². The standard InChI is InChI=1S/C37H36F3N5O3/c1-3-24-18-23(10-13-28(24)25-14-16-43(17-15-25)35(46)26-11-12-26)21-44-20-22(2)27-6-4-7-29(33(27)44)31-8-5-9-32(42-31)45-34(37(38,39)40)30(19-41-45)36(47)48/h4-10,13,18-20,25-26H,3,11-12,14-17,21H2,1-2H3,(H,47,48). The normalized spacial score (nSPS) is 15.7. The van der Waals surface area contributed by atoms with E-state index >= 15 is 0 Å². The molecule has 1 saturated heterocycles. The van der Waals surface area contributed by atoms with E-state index in [1.54, 1.807) is 12.1 Å². The van der Waals surface area contributed by atoms with Gasteiger partial charge in [0.1, 0.15) is 5.56 Å². The summed E-state index contributed by atoms with van der Waals surface area (Å²) >= 11 is 0. The number of aromatic nitrogens is 4. The van der Waals surface area contributed by atoms with Crippen LogP contribution in [0.1, 0.15) is 76.8 Å². The number of nitrogens with zero attached hydrogens (tertiary/aromatic N) is 5. The number of alkyl halides is 3. The molecule has 0 unspecified atom stereocenters. The molecule has 8 nitrogen and oxygen atoms in total. The summed E-state index contributed by atoms with van der Waals surface area (Å²) in [5.74, 6) is -0.838. The Morgan fingerprint density at radius 3 is 2.44 bits per heavy atom. The Morgan fingerprint density at radius 2 is 1.75 bits per heavy atom. The number of aryl methyl sites for hydroxylation is 2. The van der Waals surface area contributed by atoms with E-state index in [0.717, 1.165) is 72.8 Å². The second-order valence-corrected chi connectivity index (χ2v) is 12.9. The van der Waals surface area contributed by atoms with Crippen molar-refractivity contribution in [3.63, 3.8) is 0 Å². The first-order valence-corrected chi connectivity index (χ1v) is 16.4. The molecule has 7 rings (SSSR count). The molecule has 1 saturated carbocycles. The number of carboxylic acid groups (broad SMARTS) is 1. The van der Waals surface area contributed by atoms with Crippen LogP contribution in [0.2, 0.25) is 0 Å². The minimum atomic E-state index is -4.95. The molecule has 2 fully saturated rings. The molecular formula is C37H36F3N5O3. The SMILES string of the molecule is CCc1cc(Cn2cc(C)c3cccc(-c4cccc(-n5ncc(C(=O)O)c5C(F)(F)F)n4)c32)ccc1C1CCN(C(=O)C2CC2)CC1. The molecule has 3 aromatic heterocycles. The molecule has 4 heterocycles. The molecule has 2 aliphatic rings. The van der Waals surface area contributed by atoms with E-state index in [1.807, 2.05) is 30.0 Å². The van der Waals surface area contributed by atoms with E-state index in [-0.39, 0.29) is 11.7 Å². The van der Waals surface area contributed by atoms with E-state index in [9.17, 15) is 27.9 Å². The second kappa shape index (κ2) is 12.3. The van der Waals surface area contributed by atoms with Gasteiger partial charge in [0.2, 0.25) is 5.91 Å². The zero-order valence-corrected chi connectivity index (χ0v) is 26.8. The van der Waals surface area contributed by atoms with Crippen molar-refractivity contribution in [1.82, 2.24) is 24.2 Å². The molecule has 11 heteroatoms. The maximum atomic E-state index is 14.0. The molecule has 48 heavy (non-hydrogen) atoms. The van der Waals surface area contributed by atoms with Crippen LogP contribution in [0.5, 0.6) is 0 Å². The Labute approximate surface area is 275 Å². The number of hydrogen-bond acceptors (Lipinski definition) is 4. The first kappa shape index (κ1) is 31.7. The third kappa shape index (κ3) is 5.86. The fourth-order valence-corrected chi connectivity index (χ4v) is 7.17. The first-order chi connectivity index (χ1) is 23.0. The highest BCUT2D eigenvalue weighted by Gasteiger charge is 2.41. The van der Waals surface area contributed by atoms with Gasteiger partial charge in [0, 0.05) is 42.7 Å². The van der Waals surface area contributed by atoms with Crippen LogP contribution in [0.25, 0.3) is 28.0 Å². The van der Waals surface area contributed by atoms with E-state index in [4.69, 9.17) is 0 Å². The molecule has 1 N–H and O–H groups in total. The number of carboxylic acids is 1. The molecule has 0 spiro atoms. The molecule has 0 atom stereocenters. The molecule has 1 aliphatic heterocycles. The Morgan fingerprint density at radius 1 is 1.00 bits per heavy atom. The highest BCUT2D eigenvalue weighted by atomic mass is 19.4. The van der Waals surface area contributed by atoms with Crippen molar-refractivity contribution in [2.75, 3.05) is 13.1 Å². The number of rotatable bonds is 8. The largest absolute Gasteiger partial charge is 0.478 e. The fourth-order valence-electron chi connectivity index (χ4n) is 7.17. The molecule has 248 valence electrons. The minimum Gasteiger partial charge on any atom is -0.478 e. The van der Waals surface area contributed by atoms with Crippen LogP contribution in [-0.2, 0) is 23.9 Å². The van der Waals surface area contributed by atoms with Crippen LogP contribution in [-0.4, -0.2) is 54.3 Å². The predicted molar refractivity (Wildman–Crippen MR) is 175 cm³/mol. The third-order valence-electron chi connectivity index (χ3n) is 9.71. The van der Waals surface area contributed by atoms with Crippen LogP contribution in [0.15, 0.2) is 67.0 Å². The zero-order valence-electron chi connectivity index (χ0n) is 26.8. The number of benzene rings is 2. The van der Waals surface area contributed by atoms with Gasteiger partial charge in [0.15, 0.2) is 11.5 Å². The predicted octanol–water partition coefficient (Wildman–Crippen LogP) is 7.64. The van der Waals surface area contributed by atoms with Crippen LogP contribution in [0, 0.1) is 12.8 Å². The van der Waals surface area contributed by atoms with Gasteiger partial charge < -0.3 is 14.6 Å². The van der Waals surface area contributed by atoms with Crippen molar-refractivity contribution in [1.29, 1.82) is 0 Å². The number of likely N-dealkylation sites (tertiary alicyclic amines) is 1. The van der Waals surface area contributed by atoms with Gasteiger partial charge in [-0.15, -0.1) is 0 Å². The maximum Gasteiger partial charge on any atom is 0.434 e. The molecule has 0 radical (unpaired) electrons. The summed E-state index contributed by atoms with van der Waals surface area (Å²) in [6.07, 6.45) is 2.74. The molecule has 2 aromatic carbocycles. The summed E-state index contributed by atoms with van der Waals surface area (Å²) in [6, 6.07) is 17.2. The lowest BCUT2D eigenvalue weighted by atomic mass is 9.85. The number of halogens is 3. The first-order valence-electron chi connectivity index (χ1n) is 16.4. The van der Waals surface area contributed by atoms with Gasteiger partial charge in [-0.3, -0.25) is 4.79 Å². The number of carbonyl (C=O) groups is 2. The molecule has 1 amide bonds. The summed E-state index contributed by atoms with van der Waals surface area (Å²) in [4.78, 5) is 30.7. The minimum absolute atomic E-state index is 0.134. The van der Waals surface area contributed by atoms with Crippen molar-refractivity contribution in [2.45, 2.75) is 64.6 Å². The van der Waals surface area contributed by atoms with Crippen LogP contribution < -0.4 is 0 Å². The van der Waals surface area contributed by atoms with Crippen molar-refractivity contribution < 1.29 is 27.9 Å². The molecule has 5 aromatic rings. The number of piperidine rings is 1. The van der Waals surface area contributed by atoms with Gasteiger partial charge in [-0.1, -0.05) is 49.4 Å². The summed E-state index contributed by atoms with van der Waals surface area (Å²) in [6.45, 7) is 6.41. The Balaban J connectivity index is 1.20. The van der Waals surface area contributed by atoms with E-state index in [0.29, 0.717) is 34.9 Å². The topological polar surface area (TPSA) is 93.2 Å². The van der Waals surface area contributed by atoms with E-state index < -0.39 is 23.4 Å². The summed E-state index contributed by atoms with van der Waals surface area (Å²) in [5, 5.41) is 14.1. The van der Waals surface area contributed by atoms with Crippen LogP contribution in [0.4, 0.5) is 13.2 Å². The van der Waals surface area contributed by atoms with E-state index in [1.165, 1.54) is 17.2 Å². The average Bonchev–Trinajstić information content (AvgIpc) is 3.74. The molecule has 0 bridgehead atoms. The highest BCUT2D eigenvalue weighted by molar-refractivity contribution is 5.96. The smallest absolute Gasteiger partial charge is 0.434 e. The number of aromatic carboxylic acids is 1. The van der Waals surface area contributed by atoms with Gasteiger partial charge in [-0.25, -0.2) is 14.5 Å². The quantitative estimate of drug-likeness (QED) is 0.186. The van der Waals surface area contributed by atoms with Crippen LogP contribution in [0.3, 0.4) is 0 Å². The lowest BCUT2D eigenvalue weighted by Crippen LogP contribution is -2.38. The number of pyridine rings is 1. The number of hydrogen-bond donors (Lipinski definition) is 1. The number of fused-ring (bicyclic) bond motifs is 1. The highest BCUT2D eigenvalue weighted by Crippen LogP contribution is 2.37. The zero-order chi connectivity index (χ0) is 33.7. The Bertz CT molecular complexity index is 2030. The van der Waals surface area contributed by atoms with Crippen molar-refractivity contribution in [3.8, 4) is 17.1 Å². The Hall–Kier alpha value is -4.93. The van der Waals surface area contributed by atoms with Crippen LogP contribution >= 0.6 is 0 Å². The fraction of sp³-hybridized carbons (Fsp3) is 0.351. The molecule has 1 aliphatic carbocycles.